The second kappa shape index (κ2) is 5.48. The lowest BCUT2D eigenvalue weighted by molar-refractivity contribution is 0.101. The number of carbonyl (C=O) groups excluding carboxylic acids is 1. The van der Waals surface area contributed by atoms with Crippen LogP contribution < -0.4 is 11.1 Å². The van der Waals surface area contributed by atoms with E-state index in [9.17, 15) is 9.90 Å². The minimum atomic E-state index is -0.544. The van der Waals surface area contributed by atoms with Crippen LogP contribution in [0.3, 0.4) is 0 Å². The molecule has 15 heavy (non-hydrogen) atoms. The number of rotatable bonds is 5. The third kappa shape index (κ3) is 3.69. The number of aliphatic hydroxyl groups excluding tert-OH is 1. The number of nitrogens with one attached hydrogen (secondary N) is 1. The molecule has 0 spiro atoms. The van der Waals surface area contributed by atoms with Crippen molar-refractivity contribution in [2.75, 3.05) is 18.4 Å². The van der Waals surface area contributed by atoms with Gasteiger partial charge < -0.3 is 16.2 Å². The van der Waals surface area contributed by atoms with E-state index in [1.807, 2.05) is 0 Å². The van der Waals surface area contributed by atoms with E-state index in [2.05, 4.69) is 5.32 Å². The molecule has 1 aromatic rings. The molecule has 0 aliphatic heterocycles. The summed E-state index contributed by atoms with van der Waals surface area (Å²) < 4.78 is 0. The van der Waals surface area contributed by atoms with Gasteiger partial charge in [-0.25, -0.2) is 0 Å². The summed E-state index contributed by atoms with van der Waals surface area (Å²) >= 11 is 0. The van der Waals surface area contributed by atoms with E-state index in [0.29, 0.717) is 12.1 Å². The highest BCUT2D eigenvalue weighted by atomic mass is 16.3. The smallest absolute Gasteiger partial charge is 0.159 e. The molecular weight excluding hydrogens is 192 g/mol. The van der Waals surface area contributed by atoms with Crippen LogP contribution in [0.25, 0.3) is 0 Å². The standard InChI is InChI=1S/C11H16N2O2/c1-8(14)9-2-4-10(5-3-9)13-7-11(15)6-12/h2-5,11,13,15H,6-7,12H2,1H3. The Balaban J connectivity index is 2.53. The maximum Gasteiger partial charge on any atom is 0.159 e. The first-order chi connectivity index (χ1) is 7.13. The van der Waals surface area contributed by atoms with Crippen LogP contribution in [0.4, 0.5) is 5.69 Å². The van der Waals surface area contributed by atoms with Gasteiger partial charge in [0.05, 0.1) is 6.10 Å². The van der Waals surface area contributed by atoms with Crippen molar-refractivity contribution < 1.29 is 9.90 Å². The molecule has 1 atom stereocenters. The van der Waals surface area contributed by atoms with Crippen molar-refractivity contribution in [3.63, 3.8) is 0 Å². The normalized spacial score (nSPS) is 12.2. The Morgan fingerprint density at radius 1 is 1.47 bits per heavy atom. The van der Waals surface area contributed by atoms with Crippen LogP contribution in [0.5, 0.6) is 0 Å². The summed E-state index contributed by atoms with van der Waals surface area (Å²) in [6, 6.07) is 7.11. The number of ketones is 1. The van der Waals surface area contributed by atoms with Gasteiger partial charge in [0.25, 0.3) is 0 Å². The summed E-state index contributed by atoms with van der Waals surface area (Å²) in [4.78, 5) is 11.0. The molecule has 0 amide bonds. The summed E-state index contributed by atoms with van der Waals surface area (Å²) in [6.45, 7) is 2.18. The minimum Gasteiger partial charge on any atom is -0.390 e. The summed E-state index contributed by atoms with van der Waals surface area (Å²) in [6.07, 6.45) is -0.544. The zero-order chi connectivity index (χ0) is 11.3. The Morgan fingerprint density at radius 3 is 2.53 bits per heavy atom. The zero-order valence-electron chi connectivity index (χ0n) is 8.73. The van der Waals surface area contributed by atoms with Crippen molar-refractivity contribution in [3.05, 3.63) is 29.8 Å². The number of aliphatic hydroxyl groups is 1. The first kappa shape index (κ1) is 11.7. The van der Waals surface area contributed by atoms with E-state index in [-0.39, 0.29) is 12.3 Å². The Morgan fingerprint density at radius 2 is 2.07 bits per heavy atom. The van der Waals surface area contributed by atoms with Gasteiger partial charge in [-0.2, -0.15) is 0 Å². The van der Waals surface area contributed by atoms with Gasteiger partial charge in [-0.15, -0.1) is 0 Å². The maximum absolute atomic E-state index is 11.0. The van der Waals surface area contributed by atoms with Crippen molar-refractivity contribution in [2.45, 2.75) is 13.0 Å². The summed E-state index contributed by atoms with van der Waals surface area (Å²) in [5, 5.41) is 12.2. The molecule has 0 radical (unpaired) electrons. The van der Waals surface area contributed by atoms with E-state index in [0.717, 1.165) is 5.69 Å². The molecule has 0 bridgehead atoms. The number of benzene rings is 1. The Hall–Kier alpha value is -1.39. The fourth-order valence-electron chi connectivity index (χ4n) is 1.14. The van der Waals surface area contributed by atoms with Crippen LogP contribution in [0.2, 0.25) is 0 Å². The molecule has 82 valence electrons. The highest BCUT2D eigenvalue weighted by molar-refractivity contribution is 5.94. The van der Waals surface area contributed by atoms with Crippen LogP contribution >= 0.6 is 0 Å². The average molecular weight is 208 g/mol. The molecule has 1 rings (SSSR count). The zero-order valence-corrected chi connectivity index (χ0v) is 8.73. The number of nitrogens with two attached hydrogens (primary N) is 1. The van der Waals surface area contributed by atoms with E-state index < -0.39 is 6.10 Å². The number of carbonyl (C=O) groups is 1. The van der Waals surface area contributed by atoms with Crippen molar-refractivity contribution in [1.29, 1.82) is 0 Å². The Kier molecular flexibility index (Phi) is 4.27. The third-order valence-electron chi connectivity index (χ3n) is 2.11. The minimum absolute atomic E-state index is 0.0449. The molecule has 0 aliphatic rings. The molecule has 0 aliphatic carbocycles. The predicted molar refractivity (Wildman–Crippen MR) is 60.0 cm³/mol. The molecule has 4 nitrogen and oxygen atoms in total. The monoisotopic (exact) mass is 208 g/mol. The number of anilines is 1. The van der Waals surface area contributed by atoms with Gasteiger partial charge in [0.2, 0.25) is 0 Å². The first-order valence-electron chi connectivity index (χ1n) is 4.86. The van der Waals surface area contributed by atoms with Gasteiger partial charge in [-0.1, -0.05) is 0 Å². The molecule has 0 fully saturated rings. The van der Waals surface area contributed by atoms with E-state index in [1.54, 1.807) is 24.3 Å². The van der Waals surface area contributed by atoms with Crippen molar-refractivity contribution >= 4 is 11.5 Å². The van der Waals surface area contributed by atoms with Crippen LogP contribution in [-0.2, 0) is 0 Å². The van der Waals surface area contributed by atoms with Crippen LogP contribution in [0.1, 0.15) is 17.3 Å². The first-order valence-corrected chi connectivity index (χ1v) is 4.86. The van der Waals surface area contributed by atoms with Gasteiger partial charge >= 0.3 is 0 Å². The quantitative estimate of drug-likeness (QED) is 0.620. The van der Waals surface area contributed by atoms with E-state index >= 15 is 0 Å². The lowest BCUT2D eigenvalue weighted by Gasteiger charge is -2.10. The van der Waals surface area contributed by atoms with Gasteiger partial charge in [0.15, 0.2) is 5.78 Å². The molecule has 0 saturated carbocycles. The fourth-order valence-corrected chi connectivity index (χ4v) is 1.14. The topological polar surface area (TPSA) is 75.3 Å². The molecule has 1 aromatic carbocycles. The largest absolute Gasteiger partial charge is 0.390 e. The Labute approximate surface area is 89.1 Å². The number of hydrogen-bond donors (Lipinski definition) is 3. The molecule has 0 saturated heterocycles. The third-order valence-corrected chi connectivity index (χ3v) is 2.11. The van der Waals surface area contributed by atoms with Gasteiger partial charge in [-0.05, 0) is 31.2 Å². The highest BCUT2D eigenvalue weighted by Crippen LogP contribution is 2.09. The maximum atomic E-state index is 11.0. The molecule has 4 N–H and O–H groups in total. The predicted octanol–water partition coefficient (Wildman–Crippen LogP) is 0.621. The second-order valence-corrected chi connectivity index (χ2v) is 3.40. The van der Waals surface area contributed by atoms with Crippen molar-refractivity contribution in [1.82, 2.24) is 0 Å². The lowest BCUT2D eigenvalue weighted by Crippen LogP contribution is -2.27. The number of Topliss-reactive ketones (excluding diaryl/α,β-unsaturated/α-hetero) is 1. The van der Waals surface area contributed by atoms with Gasteiger partial charge in [-0.3, -0.25) is 4.79 Å². The SMILES string of the molecule is CC(=O)c1ccc(NCC(O)CN)cc1. The second-order valence-electron chi connectivity index (χ2n) is 3.40. The summed E-state index contributed by atoms with van der Waals surface area (Å²) in [5.41, 5.74) is 6.81. The Bertz CT molecular complexity index is 322. The summed E-state index contributed by atoms with van der Waals surface area (Å²) in [5.74, 6) is 0.0449. The van der Waals surface area contributed by atoms with Crippen LogP contribution in [0, 0.1) is 0 Å². The molecule has 0 heterocycles. The molecular formula is C11H16N2O2. The molecule has 0 aromatic heterocycles. The van der Waals surface area contributed by atoms with Crippen LogP contribution in [0.15, 0.2) is 24.3 Å². The highest BCUT2D eigenvalue weighted by Gasteiger charge is 2.01. The van der Waals surface area contributed by atoms with Gasteiger partial charge in [0.1, 0.15) is 0 Å². The van der Waals surface area contributed by atoms with E-state index in [4.69, 9.17) is 5.73 Å². The lowest BCUT2D eigenvalue weighted by atomic mass is 10.1. The number of hydrogen-bond acceptors (Lipinski definition) is 4. The molecule has 4 heteroatoms. The van der Waals surface area contributed by atoms with Crippen molar-refractivity contribution in [3.8, 4) is 0 Å². The van der Waals surface area contributed by atoms with Crippen LogP contribution in [-0.4, -0.2) is 30.1 Å². The summed E-state index contributed by atoms with van der Waals surface area (Å²) in [7, 11) is 0. The van der Waals surface area contributed by atoms with Crippen molar-refractivity contribution in [2.24, 2.45) is 5.73 Å². The fraction of sp³-hybridized carbons (Fsp3) is 0.364. The molecule has 1 unspecified atom stereocenters. The van der Waals surface area contributed by atoms with E-state index in [1.165, 1.54) is 6.92 Å². The average Bonchev–Trinajstić information content (AvgIpc) is 2.26. The van der Waals surface area contributed by atoms with Gasteiger partial charge in [0, 0.05) is 24.3 Å².